The van der Waals surface area contributed by atoms with Crippen LogP contribution in [0.3, 0.4) is 0 Å². The van der Waals surface area contributed by atoms with Crippen LogP contribution < -0.4 is 5.32 Å². The third-order valence-corrected chi connectivity index (χ3v) is 5.94. The first-order valence-electron chi connectivity index (χ1n) is 8.62. The Morgan fingerprint density at radius 3 is 2.85 bits per heavy atom. The van der Waals surface area contributed by atoms with Crippen molar-refractivity contribution in [3.8, 4) is 10.6 Å². The zero-order valence-corrected chi connectivity index (χ0v) is 16.8. The van der Waals surface area contributed by atoms with Gasteiger partial charge in [0, 0.05) is 6.04 Å². The lowest BCUT2D eigenvalue weighted by Crippen LogP contribution is -2.13. The van der Waals surface area contributed by atoms with Crippen molar-refractivity contribution in [1.82, 2.24) is 25.0 Å². The molecular weight excluding hydrogens is 380 g/mol. The quantitative estimate of drug-likeness (QED) is 0.538. The standard InChI is InChI=1S/C18H18N6OS2/c1-4-15-22-23-18(27-15)21-17(25)11-8-13(14-6-5-7-26-14)20-16-12(11)9-19-24(16)10(2)3/h5-10H,4H2,1-3H3,(H,21,23,25). The first kappa shape index (κ1) is 17.7. The topological polar surface area (TPSA) is 85.6 Å². The van der Waals surface area contributed by atoms with Gasteiger partial charge in [-0.25, -0.2) is 9.67 Å². The van der Waals surface area contributed by atoms with Gasteiger partial charge in [0.1, 0.15) is 5.01 Å². The molecule has 0 radical (unpaired) electrons. The average Bonchev–Trinajstić information content (AvgIpc) is 3.40. The van der Waals surface area contributed by atoms with Crippen molar-refractivity contribution in [1.29, 1.82) is 0 Å². The molecule has 7 nitrogen and oxygen atoms in total. The smallest absolute Gasteiger partial charge is 0.258 e. The number of fused-ring (bicyclic) bond motifs is 1. The lowest BCUT2D eigenvalue weighted by molar-refractivity contribution is 0.102. The minimum absolute atomic E-state index is 0.139. The van der Waals surface area contributed by atoms with Crippen molar-refractivity contribution in [3.63, 3.8) is 0 Å². The molecule has 0 aliphatic rings. The largest absolute Gasteiger partial charge is 0.296 e. The van der Waals surface area contributed by atoms with Gasteiger partial charge >= 0.3 is 0 Å². The van der Waals surface area contributed by atoms with Crippen LogP contribution in [0.25, 0.3) is 21.6 Å². The lowest BCUT2D eigenvalue weighted by atomic mass is 10.1. The Balaban J connectivity index is 1.81. The average molecular weight is 399 g/mol. The summed E-state index contributed by atoms with van der Waals surface area (Å²) in [7, 11) is 0. The number of nitrogens with one attached hydrogen (secondary N) is 1. The highest BCUT2D eigenvalue weighted by Crippen LogP contribution is 2.29. The molecule has 9 heteroatoms. The van der Waals surface area contributed by atoms with E-state index in [1.165, 1.54) is 11.3 Å². The molecule has 0 saturated heterocycles. The summed E-state index contributed by atoms with van der Waals surface area (Å²) < 4.78 is 1.84. The molecule has 1 N–H and O–H groups in total. The van der Waals surface area contributed by atoms with Gasteiger partial charge in [0.15, 0.2) is 5.65 Å². The van der Waals surface area contributed by atoms with Crippen LogP contribution in [-0.2, 0) is 6.42 Å². The predicted octanol–water partition coefficient (Wildman–Crippen LogP) is 4.41. The van der Waals surface area contributed by atoms with Gasteiger partial charge in [0.25, 0.3) is 5.91 Å². The van der Waals surface area contributed by atoms with Crippen LogP contribution in [0, 0.1) is 0 Å². The molecule has 0 spiro atoms. The predicted molar refractivity (Wildman–Crippen MR) is 108 cm³/mol. The fourth-order valence-electron chi connectivity index (χ4n) is 2.75. The molecular formula is C18H18N6OS2. The number of rotatable bonds is 5. The molecule has 4 rings (SSSR count). The fraction of sp³-hybridized carbons (Fsp3) is 0.278. The van der Waals surface area contributed by atoms with Gasteiger partial charge < -0.3 is 0 Å². The second-order valence-corrected chi connectivity index (χ2v) is 8.27. The van der Waals surface area contributed by atoms with Gasteiger partial charge in [-0.3, -0.25) is 10.1 Å². The van der Waals surface area contributed by atoms with E-state index in [0.29, 0.717) is 16.3 Å². The van der Waals surface area contributed by atoms with Crippen LogP contribution in [0.2, 0.25) is 0 Å². The number of hydrogen-bond donors (Lipinski definition) is 1. The van der Waals surface area contributed by atoms with Crippen LogP contribution in [-0.4, -0.2) is 30.9 Å². The van der Waals surface area contributed by atoms with Crippen molar-refractivity contribution >= 4 is 44.7 Å². The Morgan fingerprint density at radius 1 is 1.33 bits per heavy atom. The highest BCUT2D eigenvalue weighted by molar-refractivity contribution is 7.15. The molecule has 27 heavy (non-hydrogen) atoms. The van der Waals surface area contributed by atoms with Crippen molar-refractivity contribution in [3.05, 3.63) is 40.3 Å². The molecule has 1 amide bonds. The van der Waals surface area contributed by atoms with E-state index in [2.05, 4.69) is 20.6 Å². The maximum atomic E-state index is 13.0. The number of carbonyl (C=O) groups excluding carboxylic acids is 1. The molecule has 4 aromatic rings. The van der Waals surface area contributed by atoms with Crippen LogP contribution >= 0.6 is 22.7 Å². The summed E-state index contributed by atoms with van der Waals surface area (Å²) in [6, 6.07) is 5.92. The van der Waals surface area contributed by atoms with E-state index >= 15 is 0 Å². The minimum Gasteiger partial charge on any atom is -0.296 e. The van der Waals surface area contributed by atoms with Gasteiger partial charge in [-0.05, 0) is 37.8 Å². The fourth-order valence-corrected chi connectivity index (χ4v) is 4.11. The molecule has 4 heterocycles. The summed E-state index contributed by atoms with van der Waals surface area (Å²) >= 11 is 2.97. The van der Waals surface area contributed by atoms with Crippen LogP contribution in [0.4, 0.5) is 5.13 Å². The first-order chi connectivity index (χ1) is 13.1. The lowest BCUT2D eigenvalue weighted by Gasteiger charge is -2.09. The van der Waals surface area contributed by atoms with Gasteiger partial charge in [-0.1, -0.05) is 24.3 Å². The van der Waals surface area contributed by atoms with E-state index in [9.17, 15) is 4.79 Å². The third-order valence-electron chi connectivity index (χ3n) is 4.06. The Hall–Kier alpha value is -2.65. The second kappa shape index (κ2) is 7.16. The molecule has 0 aliphatic carbocycles. The van der Waals surface area contributed by atoms with Crippen LogP contribution in [0.1, 0.15) is 42.2 Å². The molecule has 0 fully saturated rings. The Morgan fingerprint density at radius 2 is 2.19 bits per heavy atom. The van der Waals surface area contributed by atoms with E-state index in [1.54, 1.807) is 17.5 Å². The van der Waals surface area contributed by atoms with Crippen molar-refractivity contribution in [2.24, 2.45) is 0 Å². The van der Waals surface area contributed by atoms with E-state index in [1.807, 2.05) is 49.0 Å². The maximum Gasteiger partial charge on any atom is 0.258 e. The summed E-state index contributed by atoms with van der Waals surface area (Å²) in [5.74, 6) is -0.234. The molecule has 0 atom stereocenters. The molecule has 0 aromatic carbocycles. The summed E-state index contributed by atoms with van der Waals surface area (Å²) in [6.45, 7) is 6.09. The number of carbonyl (C=O) groups is 1. The number of aromatic nitrogens is 5. The van der Waals surface area contributed by atoms with E-state index in [-0.39, 0.29) is 11.9 Å². The second-order valence-electron chi connectivity index (χ2n) is 6.26. The number of nitrogens with zero attached hydrogens (tertiary/aromatic N) is 5. The first-order valence-corrected chi connectivity index (χ1v) is 10.3. The van der Waals surface area contributed by atoms with Crippen molar-refractivity contribution in [2.45, 2.75) is 33.2 Å². The van der Waals surface area contributed by atoms with E-state index in [4.69, 9.17) is 4.98 Å². The Bertz CT molecular complexity index is 1100. The number of amides is 1. The number of anilines is 1. The van der Waals surface area contributed by atoms with Crippen molar-refractivity contribution in [2.75, 3.05) is 5.32 Å². The third kappa shape index (κ3) is 3.35. The van der Waals surface area contributed by atoms with Crippen molar-refractivity contribution < 1.29 is 4.79 Å². The molecule has 138 valence electrons. The number of pyridine rings is 1. The van der Waals surface area contributed by atoms with Crippen LogP contribution in [0.15, 0.2) is 29.8 Å². The summed E-state index contributed by atoms with van der Waals surface area (Å²) in [6.07, 6.45) is 2.49. The van der Waals surface area contributed by atoms with Crippen LogP contribution in [0.5, 0.6) is 0 Å². The molecule has 0 saturated carbocycles. The SMILES string of the molecule is CCc1nnc(NC(=O)c2cc(-c3cccs3)nc3c2cnn3C(C)C)s1. The summed E-state index contributed by atoms with van der Waals surface area (Å²) in [5.41, 5.74) is 1.99. The number of aryl methyl sites for hydroxylation is 1. The number of thiophene rings is 1. The highest BCUT2D eigenvalue weighted by atomic mass is 32.1. The normalized spacial score (nSPS) is 11.4. The minimum atomic E-state index is -0.234. The van der Waals surface area contributed by atoms with Gasteiger partial charge in [-0.2, -0.15) is 5.10 Å². The Kier molecular flexibility index (Phi) is 4.71. The molecule has 0 aliphatic heterocycles. The summed E-state index contributed by atoms with van der Waals surface area (Å²) in [4.78, 5) is 18.8. The monoisotopic (exact) mass is 398 g/mol. The zero-order valence-electron chi connectivity index (χ0n) is 15.1. The van der Waals surface area contributed by atoms with E-state index < -0.39 is 0 Å². The van der Waals surface area contributed by atoms with E-state index in [0.717, 1.165) is 27.4 Å². The Labute approximate surface area is 164 Å². The summed E-state index contributed by atoms with van der Waals surface area (Å²) in [5, 5.41) is 19.5. The molecule has 0 bridgehead atoms. The van der Waals surface area contributed by atoms with Gasteiger partial charge in [-0.15, -0.1) is 21.5 Å². The molecule has 0 unspecified atom stereocenters. The zero-order chi connectivity index (χ0) is 19.0. The maximum absolute atomic E-state index is 13.0. The molecule has 4 aromatic heterocycles. The van der Waals surface area contributed by atoms with Gasteiger partial charge in [0.05, 0.1) is 27.7 Å². The number of hydrogen-bond acceptors (Lipinski definition) is 7. The van der Waals surface area contributed by atoms with Gasteiger partial charge in [0.2, 0.25) is 5.13 Å². The highest BCUT2D eigenvalue weighted by Gasteiger charge is 2.20.